The minimum absolute atomic E-state index is 0.154. The molecular formula is C30H53N3O19. The van der Waals surface area contributed by atoms with E-state index in [4.69, 9.17) is 34.2 Å². The lowest BCUT2D eigenvalue weighted by molar-refractivity contribution is -0.360. The number of amides is 2. The molecule has 0 bridgehead atoms. The number of carbonyl (C=O) groups is 3. The molecule has 3 aliphatic rings. The van der Waals surface area contributed by atoms with Gasteiger partial charge in [0.25, 0.3) is 5.79 Å². The lowest BCUT2D eigenvalue weighted by atomic mass is 9.88. The molecular weight excluding hydrogens is 706 g/mol. The maximum atomic E-state index is 12.5. The van der Waals surface area contributed by atoms with Crippen LogP contribution in [0.5, 0.6) is 0 Å². The van der Waals surface area contributed by atoms with Crippen molar-refractivity contribution in [2.45, 2.75) is 137 Å². The number of nitrogens with one attached hydrogen (secondary N) is 2. The lowest BCUT2D eigenvalue weighted by Crippen LogP contribution is -2.69. The summed E-state index contributed by atoms with van der Waals surface area (Å²) in [6.07, 6.45) is -21.9. The molecule has 3 fully saturated rings. The van der Waals surface area contributed by atoms with Gasteiger partial charge in [-0.05, 0) is 25.8 Å². The number of carbonyl (C=O) groups excluding carboxylic acids is 2. The fraction of sp³-hybridized carbons (Fsp3) is 0.900. The molecule has 3 saturated heterocycles. The number of carboxylic acid groups (broad SMARTS) is 1. The van der Waals surface area contributed by atoms with Crippen LogP contribution in [0.1, 0.15) is 39.5 Å². The maximum Gasteiger partial charge on any atom is 0.364 e. The molecule has 2 amide bonds. The van der Waals surface area contributed by atoms with Gasteiger partial charge in [0.05, 0.1) is 32.0 Å². The van der Waals surface area contributed by atoms with Crippen LogP contribution in [0.25, 0.3) is 0 Å². The second kappa shape index (κ2) is 19.9. The second-order valence-electron chi connectivity index (χ2n) is 13.0. The van der Waals surface area contributed by atoms with Crippen LogP contribution in [-0.2, 0) is 42.8 Å². The van der Waals surface area contributed by atoms with E-state index in [1.165, 1.54) is 6.92 Å². The zero-order valence-corrected chi connectivity index (χ0v) is 28.7. The van der Waals surface area contributed by atoms with Crippen LogP contribution in [0, 0.1) is 0 Å². The Hall–Kier alpha value is -2.23. The summed E-state index contributed by atoms with van der Waals surface area (Å²) in [5.41, 5.74) is 5.51. The summed E-state index contributed by atoms with van der Waals surface area (Å²) in [6.45, 7) is 0.134. The van der Waals surface area contributed by atoms with Crippen molar-refractivity contribution in [3.8, 4) is 0 Å². The van der Waals surface area contributed by atoms with Crippen molar-refractivity contribution in [1.82, 2.24) is 10.6 Å². The normalized spacial score (nSPS) is 39.3. The van der Waals surface area contributed by atoms with Gasteiger partial charge in [0.2, 0.25) is 11.8 Å². The van der Waals surface area contributed by atoms with Crippen LogP contribution in [0.4, 0.5) is 0 Å². The molecule has 0 radical (unpaired) electrons. The van der Waals surface area contributed by atoms with Gasteiger partial charge in [-0.3, -0.25) is 9.59 Å². The third kappa shape index (κ3) is 10.7. The van der Waals surface area contributed by atoms with E-state index in [1.807, 2.05) is 0 Å². The number of aliphatic hydroxyl groups excluding tert-OH is 9. The molecule has 22 heteroatoms. The first-order valence-corrected chi connectivity index (χ1v) is 16.9. The van der Waals surface area contributed by atoms with Gasteiger partial charge < -0.3 is 95.9 Å². The number of aliphatic carboxylic acids is 1. The molecule has 3 rings (SSSR count). The van der Waals surface area contributed by atoms with E-state index in [0.717, 1.165) is 19.8 Å². The number of hydrogen-bond donors (Lipinski definition) is 13. The molecule has 302 valence electrons. The van der Waals surface area contributed by atoms with Crippen LogP contribution >= 0.6 is 0 Å². The van der Waals surface area contributed by atoms with Crippen molar-refractivity contribution in [1.29, 1.82) is 0 Å². The summed E-state index contributed by atoms with van der Waals surface area (Å²) >= 11 is 0. The molecule has 0 spiro atoms. The number of hydrogen-bond acceptors (Lipinski definition) is 19. The molecule has 0 unspecified atom stereocenters. The standard InChI is InChI=1S/C30H53N3O19/c1-12(36)32-18-14(38)8-30(29(45)46,52-26(18)20(40)15(39)9-34)48-11-17-21(41)23(43)24(44)28(50-17)51-25-16(10-35)49-27(47-7-5-3-4-6-31)19(22(25)42)33-13(2)37/h14-28,34-35,38-44H,3-11,31H2,1-2H3,(H,32,36)(H,33,37)(H,45,46)/t14-,15+,16+,17+,18+,19+,20-,21+,22+,23-,24+,25+,26+,27+,28-,30+/m0/s1. The molecule has 0 aromatic carbocycles. The monoisotopic (exact) mass is 759 g/mol. The van der Waals surface area contributed by atoms with Gasteiger partial charge in [0, 0.05) is 26.9 Å². The molecule has 22 nitrogen and oxygen atoms in total. The van der Waals surface area contributed by atoms with Crippen LogP contribution in [0.15, 0.2) is 0 Å². The second-order valence-corrected chi connectivity index (χ2v) is 13.0. The van der Waals surface area contributed by atoms with Gasteiger partial charge in [-0.25, -0.2) is 4.79 Å². The van der Waals surface area contributed by atoms with E-state index in [-0.39, 0.29) is 6.61 Å². The Labute approximate surface area is 298 Å². The zero-order chi connectivity index (χ0) is 38.9. The van der Waals surface area contributed by atoms with Crippen molar-refractivity contribution in [3.63, 3.8) is 0 Å². The smallest absolute Gasteiger partial charge is 0.364 e. The lowest BCUT2D eigenvalue weighted by Gasteiger charge is -2.48. The Morgan fingerprint density at radius 2 is 1.50 bits per heavy atom. The first-order valence-electron chi connectivity index (χ1n) is 16.9. The van der Waals surface area contributed by atoms with Crippen molar-refractivity contribution in [2.75, 3.05) is 33.0 Å². The highest BCUT2D eigenvalue weighted by Crippen LogP contribution is 2.35. The Bertz CT molecular complexity index is 1160. The summed E-state index contributed by atoms with van der Waals surface area (Å²) < 4.78 is 34.0. The quantitative estimate of drug-likeness (QED) is 0.0577. The molecule has 0 saturated carbocycles. The molecule has 0 aromatic heterocycles. The fourth-order valence-electron chi connectivity index (χ4n) is 6.20. The predicted octanol–water partition coefficient (Wildman–Crippen LogP) is -6.93. The summed E-state index contributed by atoms with van der Waals surface area (Å²) in [5, 5.41) is 109. The van der Waals surface area contributed by atoms with Crippen LogP contribution < -0.4 is 16.4 Å². The van der Waals surface area contributed by atoms with Crippen molar-refractivity contribution >= 4 is 17.8 Å². The van der Waals surface area contributed by atoms with Gasteiger partial charge in [0.1, 0.15) is 67.1 Å². The van der Waals surface area contributed by atoms with Crippen molar-refractivity contribution in [2.24, 2.45) is 5.73 Å². The number of rotatable bonds is 18. The minimum atomic E-state index is -2.84. The molecule has 16 atom stereocenters. The summed E-state index contributed by atoms with van der Waals surface area (Å²) in [4.78, 5) is 36.3. The highest BCUT2D eigenvalue weighted by atomic mass is 16.8. The van der Waals surface area contributed by atoms with Gasteiger partial charge in [-0.2, -0.15) is 0 Å². The van der Waals surface area contributed by atoms with Crippen molar-refractivity contribution in [3.05, 3.63) is 0 Å². The van der Waals surface area contributed by atoms with Gasteiger partial charge >= 0.3 is 5.97 Å². The molecule has 3 aliphatic heterocycles. The van der Waals surface area contributed by atoms with Crippen LogP contribution in [0.3, 0.4) is 0 Å². The third-order valence-electron chi connectivity index (χ3n) is 8.98. The van der Waals surface area contributed by atoms with Gasteiger partial charge in [-0.15, -0.1) is 0 Å². The zero-order valence-electron chi connectivity index (χ0n) is 28.7. The minimum Gasteiger partial charge on any atom is -0.477 e. The topological polar surface area (TPSA) is 359 Å². The molecule has 14 N–H and O–H groups in total. The van der Waals surface area contributed by atoms with E-state index < -0.39 is 142 Å². The largest absolute Gasteiger partial charge is 0.477 e. The van der Waals surface area contributed by atoms with Crippen LogP contribution in [-0.4, -0.2) is 199 Å². The van der Waals surface area contributed by atoms with Gasteiger partial charge in [-0.1, -0.05) is 0 Å². The Balaban J connectivity index is 1.81. The average molecular weight is 760 g/mol. The maximum absolute atomic E-state index is 12.5. The van der Waals surface area contributed by atoms with Crippen LogP contribution in [0.2, 0.25) is 0 Å². The van der Waals surface area contributed by atoms with Crippen molar-refractivity contribution < 1.29 is 93.9 Å². The molecule has 52 heavy (non-hydrogen) atoms. The highest BCUT2D eigenvalue weighted by molar-refractivity contribution is 5.76. The van der Waals surface area contributed by atoms with E-state index >= 15 is 0 Å². The third-order valence-corrected chi connectivity index (χ3v) is 8.98. The first kappa shape index (κ1) is 44.2. The predicted molar refractivity (Wildman–Crippen MR) is 168 cm³/mol. The first-order chi connectivity index (χ1) is 24.5. The summed E-state index contributed by atoms with van der Waals surface area (Å²) in [6, 6.07) is -2.74. The number of aliphatic hydroxyl groups is 9. The summed E-state index contributed by atoms with van der Waals surface area (Å²) in [7, 11) is 0. The highest BCUT2D eigenvalue weighted by Gasteiger charge is 2.57. The number of nitrogens with two attached hydrogens (primary N) is 1. The number of unbranched alkanes of at least 4 members (excludes halogenated alkanes) is 2. The SMILES string of the molecule is CC(=O)N[C@H]1[C@H](OCCCCCN)O[C@H](CO)[C@@H](O[C@@H]2O[C@H](CO[C@]3(C(=O)O)C[C@H](O)[C@@H](NC(C)=O)[C@H]([C@@H](O)[C@H](O)CO)O3)[C@@H](O)[C@H](O)[C@H]2O)[C@@H]1O. The Morgan fingerprint density at radius 3 is 2.08 bits per heavy atom. The van der Waals surface area contributed by atoms with E-state index in [9.17, 15) is 65.4 Å². The van der Waals surface area contributed by atoms with Gasteiger partial charge in [0.15, 0.2) is 12.6 Å². The Kier molecular flexibility index (Phi) is 16.9. The van der Waals surface area contributed by atoms with E-state index in [1.54, 1.807) is 0 Å². The molecule has 0 aliphatic carbocycles. The molecule has 3 heterocycles. The summed E-state index contributed by atoms with van der Waals surface area (Å²) in [5.74, 6) is -6.00. The molecule has 0 aromatic rings. The fourth-order valence-corrected chi connectivity index (χ4v) is 6.20. The van der Waals surface area contributed by atoms with E-state index in [0.29, 0.717) is 13.0 Å². The van der Waals surface area contributed by atoms with E-state index in [2.05, 4.69) is 10.6 Å². The Morgan fingerprint density at radius 1 is 0.865 bits per heavy atom. The number of ether oxygens (including phenoxy) is 6. The average Bonchev–Trinajstić information content (AvgIpc) is 3.09. The number of carboxylic acids is 1.